The van der Waals surface area contributed by atoms with E-state index in [1.165, 1.54) is 24.9 Å². The second-order valence-electron chi connectivity index (χ2n) is 4.30. The van der Waals surface area contributed by atoms with Crippen molar-refractivity contribution >= 4 is 23.0 Å². The predicted octanol–water partition coefficient (Wildman–Crippen LogP) is 3.10. The van der Waals surface area contributed by atoms with Crippen molar-refractivity contribution in [1.29, 1.82) is 0 Å². The molecular weight excluding hydrogens is 196 g/mol. The minimum atomic E-state index is 0.317. The van der Waals surface area contributed by atoms with Gasteiger partial charge < -0.3 is 10.6 Å². The average molecular weight is 209 g/mol. The molecule has 2 N–H and O–H groups in total. The van der Waals surface area contributed by atoms with E-state index in [1.807, 2.05) is 18.2 Å². The van der Waals surface area contributed by atoms with Gasteiger partial charge in [-0.05, 0) is 37.5 Å². The molecule has 0 amide bonds. The van der Waals surface area contributed by atoms with Crippen molar-refractivity contribution in [2.24, 2.45) is 0 Å². The number of anilines is 2. The smallest absolute Gasteiger partial charge is 0.0595 e. The van der Waals surface area contributed by atoms with E-state index in [2.05, 4.69) is 10.6 Å². The summed E-state index contributed by atoms with van der Waals surface area (Å²) in [6.45, 7) is 1.04. The molecule has 1 aromatic rings. The van der Waals surface area contributed by atoms with Gasteiger partial charge in [-0.25, -0.2) is 0 Å². The van der Waals surface area contributed by atoms with Crippen LogP contribution in [-0.4, -0.2) is 12.1 Å². The molecule has 0 radical (unpaired) electrons. The normalized spacial score (nSPS) is 21.8. The van der Waals surface area contributed by atoms with E-state index in [0.717, 1.165) is 17.3 Å². The van der Waals surface area contributed by atoms with Gasteiger partial charge in [-0.1, -0.05) is 11.6 Å². The molecule has 1 aliphatic heterocycles. The maximum atomic E-state index is 5.96. The Kier molecular flexibility index (Phi) is 1.68. The Hall–Kier alpha value is -0.890. The predicted molar refractivity (Wildman–Crippen MR) is 60.1 cm³/mol. The van der Waals surface area contributed by atoms with Crippen molar-refractivity contribution in [3.63, 3.8) is 0 Å². The standard InChI is InChI=1S/C11H13ClN2/c12-8-2-3-9-10(6-8)14-11(7-13-9)4-1-5-11/h2-3,6,13-14H,1,4-5,7H2. The summed E-state index contributed by atoms with van der Waals surface area (Å²) in [5.74, 6) is 0. The van der Waals surface area contributed by atoms with Crippen LogP contribution in [0.2, 0.25) is 5.02 Å². The van der Waals surface area contributed by atoms with Gasteiger partial charge in [-0.3, -0.25) is 0 Å². The highest BCUT2D eigenvalue weighted by Crippen LogP contribution is 2.41. The van der Waals surface area contributed by atoms with Crippen LogP contribution >= 0.6 is 11.6 Å². The quantitative estimate of drug-likeness (QED) is 0.685. The lowest BCUT2D eigenvalue weighted by Crippen LogP contribution is -2.52. The Morgan fingerprint density at radius 2 is 2.07 bits per heavy atom. The molecule has 0 bridgehead atoms. The molecule has 0 aromatic heterocycles. The first-order chi connectivity index (χ1) is 6.77. The number of hydrogen-bond acceptors (Lipinski definition) is 2. The van der Waals surface area contributed by atoms with E-state index in [0.29, 0.717) is 5.54 Å². The summed E-state index contributed by atoms with van der Waals surface area (Å²) >= 11 is 5.96. The van der Waals surface area contributed by atoms with Crippen LogP contribution in [-0.2, 0) is 0 Å². The molecule has 0 saturated heterocycles. The molecule has 1 fully saturated rings. The van der Waals surface area contributed by atoms with Crippen LogP contribution in [0.3, 0.4) is 0 Å². The number of benzene rings is 1. The van der Waals surface area contributed by atoms with Crippen molar-refractivity contribution in [3.8, 4) is 0 Å². The van der Waals surface area contributed by atoms with Crippen LogP contribution in [0, 0.1) is 0 Å². The highest BCUT2D eigenvalue weighted by Gasteiger charge is 2.39. The molecule has 74 valence electrons. The van der Waals surface area contributed by atoms with Gasteiger partial charge in [-0.15, -0.1) is 0 Å². The fourth-order valence-corrected chi connectivity index (χ4v) is 2.45. The van der Waals surface area contributed by atoms with E-state index in [1.54, 1.807) is 0 Å². The average Bonchev–Trinajstić information content (AvgIpc) is 2.14. The van der Waals surface area contributed by atoms with Gasteiger partial charge in [0.25, 0.3) is 0 Å². The third-order valence-corrected chi connectivity index (χ3v) is 3.54. The number of halogens is 1. The van der Waals surface area contributed by atoms with Crippen LogP contribution in [0.5, 0.6) is 0 Å². The molecule has 2 nitrogen and oxygen atoms in total. The molecule has 0 unspecified atom stereocenters. The van der Waals surface area contributed by atoms with Crippen LogP contribution in [0.15, 0.2) is 18.2 Å². The first kappa shape index (κ1) is 8.42. The van der Waals surface area contributed by atoms with Crippen LogP contribution < -0.4 is 10.6 Å². The number of fused-ring (bicyclic) bond motifs is 1. The van der Waals surface area contributed by atoms with Crippen molar-refractivity contribution in [1.82, 2.24) is 0 Å². The molecule has 3 heteroatoms. The van der Waals surface area contributed by atoms with Crippen LogP contribution in [0.4, 0.5) is 11.4 Å². The second-order valence-corrected chi connectivity index (χ2v) is 4.74. The van der Waals surface area contributed by atoms with E-state index < -0.39 is 0 Å². The van der Waals surface area contributed by atoms with Crippen LogP contribution in [0.25, 0.3) is 0 Å². The molecule has 2 aliphatic rings. The zero-order valence-electron chi connectivity index (χ0n) is 7.94. The van der Waals surface area contributed by atoms with Crippen molar-refractivity contribution in [3.05, 3.63) is 23.2 Å². The van der Waals surface area contributed by atoms with Crippen molar-refractivity contribution in [2.45, 2.75) is 24.8 Å². The largest absolute Gasteiger partial charge is 0.381 e. The van der Waals surface area contributed by atoms with Gasteiger partial charge in [0.2, 0.25) is 0 Å². The number of hydrogen-bond donors (Lipinski definition) is 2. The first-order valence-electron chi connectivity index (χ1n) is 5.09. The lowest BCUT2D eigenvalue weighted by atomic mass is 9.75. The molecule has 14 heavy (non-hydrogen) atoms. The summed E-state index contributed by atoms with van der Waals surface area (Å²) in [7, 11) is 0. The molecule has 0 atom stereocenters. The van der Waals surface area contributed by atoms with Gasteiger partial charge >= 0.3 is 0 Å². The van der Waals surface area contributed by atoms with Gasteiger partial charge in [0.05, 0.1) is 16.9 Å². The second kappa shape index (κ2) is 2.80. The molecule has 1 saturated carbocycles. The third kappa shape index (κ3) is 1.17. The van der Waals surface area contributed by atoms with Crippen molar-refractivity contribution in [2.75, 3.05) is 17.2 Å². The minimum Gasteiger partial charge on any atom is -0.381 e. The Balaban J connectivity index is 1.96. The van der Waals surface area contributed by atoms with Crippen molar-refractivity contribution < 1.29 is 0 Å². The van der Waals surface area contributed by atoms with Gasteiger partial charge in [0.15, 0.2) is 0 Å². The fourth-order valence-electron chi connectivity index (χ4n) is 2.27. The Labute approximate surface area is 88.6 Å². The number of rotatable bonds is 0. The highest BCUT2D eigenvalue weighted by molar-refractivity contribution is 6.31. The lowest BCUT2D eigenvalue weighted by molar-refractivity contribution is 0.291. The first-order valence-corrected chi connectivity index (χ1v) is 5.47. The maximum Gasteiger partial charge on any atom is 0.0595 e. The zero-order valence-corrected chi connectivity index (χ0v) is 8.69. The monoisotopic (exact) mass is 208 g/mol. The Bertz CT molecular complexity index is 372. The summed E-state index contributed by atoms with van der Waals surface area (Å²) in [6.07, 6.45) is 3.88. The highest BCUT2D eigenvalue weighted by atomic mass is 35.5. The minimum absolute atomic E-state index is 0.317. The molecule has 1 spiro atoms. The summed E-state index contributed by atoms with van der Waals surface area (Å²) in [5, 5.41) is 7.87. The van der Waals surface area contributed by atoms with Gasteiger partial charge in [0, 0.05) is 11.6 Å². The summed E-state index contributed by atoms with van der Waals surface area (Å²) in [5.41, 5.74) is 2.65. The SMILES string of the molecule is Clc1ccc2c(c1)NC1(CCC1)CN2. The summed E-state index contributed by atoms with van der Waals surface area (Å²) in [4.78, 5) is 0. The molecular formula is C11H13ClN2. The van der Waals surface area contributed by atoms with Gasteiger partial charge in [-0.2, -0.15) is 0 Å². The van der Waals surface area contributed by atoms with Gasteiger partial charge in [0.1, 0.15) is 0 Å². The lowest BCUT2D eigenvalue weighted by Gasteiger charge is -2.47. The Morgan fingerprint density at radius 1 is 1.21 bits per heavy atom. The maximum absolute atomic E-state index is 5.96. The van der Waals surface area contributed by atoms with E-state index >= 15 is 0 Å². The van der Waals surface area contributed by atoms with E-state index in [9.17, 15) is 0 Å². The Morgan fingerprint density at radius 3 is 2.79 bits per heavy atom. The molecule has 3 rings (SSSR count). The van der Waals surface area contributed by atoms with E-state index in [-0.39, 0.29) is 0 Å². The summed E-state index contributed by atoms with van der Waals surface area (Å²) in [6, 6.07) is 5.97. The fraction of sp³-hybridized carbons (Fsp3) is 0.455. The van der Waals surface area contributed by atoms with E-state index in [4.69, 9.17) is 11.6 Å². The molecule has 1 heterocycles. The molecule has 1 aliphatic carbocycles. The van der Waals surface area contributed by atoms with Crippen LogP contribution in [0.1, 0.15) is 19.3 Å². The molecule has 1 aromatic carbocycles. The topological polar surface area (TPSA) is 24.1 Å². The number of nitrogens with one attached hydrogen (secondary N) is 2. The summed E-state index contributed by atoms with van der Waals surface area (Å²) < 4.78 is 0. The zero-order chi connectivity index (χ0) is 9.60. The third-order valence-electron chi connectivity index (χ3n) is 3.31.